The summed E-state index contributed by atoms with van der Waals surface area (Å²) in [5, 5.41) is 9.17. The average molecular weight is 319 g/mol. The first-order chi connectivity index (χ1) is 10.7. The van der Waals surface area contributed by atoms with Crippen LogP contribution in [0.25, 0.3) is 0 Å². The molecule has 0 bridgehead atoms. The van der Waals surface area contributed by atoms with Crippen molar-refractivity contribution in [1.29, 1.82) is 0 Å². The van der Waals surface area contributed by atoms with Crippen LogP contribution in [0.2, 0.25) is 0 Å². The summed E-state index contributed by atoms with van der Waals surface area (Å²) in [4.78, 5) is 25.5. The maximum Gasteiger partial charge on any atom is 0.415 e. The van der Waals surface area contributed by atoms with Crippen LogP contribution in [0.3, 0.4) is 0 Å². The van der Waals surface area contributed by atoms with Crippen molar-refractivity contribution < 1.29 is 19.4 Å². The normalized spacial score (nSPS) is 20.8. The number of anilines is 1. The number of hydrogen-bond acceptors (Lipinski definition) is 3. The van der Waals surface area contributed by atoms with Crippen molar-refractivity contribution >= 4 is 17.7 Å². The van der Waals surface area contributed by atoms with Crippen LogP contribution in [0.4, 0.5) is 10.5 Å². The second-order valence-corrected chi connectivity index (χ2v) is 7.00. The zero-order valence-electron chi connectivity index (χ0n) is 14.2. The molecule has 0 spiro atoms. The molecule has 5 nitrogen and oxygen atoms in total. The van der Waals surface area contributed by atoms with Crippen LogP contribution in [0.1, 0.15) is 58.4 Å². The van der Waals surface area contributed by atoms with E-state index in [-0.39, 0.29) is 24.5 Å². The van der Waals surface area contributed by atoms with Crippen LogP contribution < -0.4 is 4.90 Å². The summed E-state index contributed by atoms with van der Waals surface area (Å²) < 4.78 is 5.55. The smallest absolute Gasteiger partial charge is 0.415 e. The minimum Gasteiger partial charge on any atom is -0.481 e. The molecule has 1 amide bonds. The number of fused-ring (bicyclic) bond motifs is 1. The van der Waals surface area contributed by atoms with Gasteiger partial charge in [-0.1, -0.05) is 25.1 Å². The van der Waals surface area contributed by atoms with Gasteiger partial charge >= 0.3 is 12.1 Å². The second-order valence-electron chi connectivity index (χ2n) is 7.00. The predicted octanol–water partition coefficient (Wildman–Crippen LogP) is 4.17. The van der Waals surface area contributed by atoms with E-state index in [1.54, 1.807) is 4.90 Å². The standard InChI is InChI=1S/C18H25NO4/c1-5-13-10-12(11-16(20)21)14-8-6-7-9-15(14)19(13)17(22)23-18(2,3)4/h6-9,12-13H,5,10-11H2,1-4H3,(H,20,21). The third-order valence-corrected chi connectivity index (χ3v) is 4.04. The van der Waals surface area contributed by atoms with Gasteiger partial charge in [0.1, 0.15) is 5.60 Å². The van der Waals surface area contributed by atoms with Gasteiger partial charge in [-0.05, 0) is 51.2 Å². The number of amides is 1. The van der Waals surface area contributed by atoms with Gasteiger partial charge < -0.3 is 9.84 Å². The lowest BCUT2D eigenvalue weighted by molar-refractivity contribution is -0.137. The molecule has 1 aliphatic heterocycles. The molecule has 1 aromatic rings. The molecule has 1 aromatic carbocycles. The second kappa shape index (κ2) is 6.60. The number of benzene rings is 1. The van der Waals surface area contributed by atoms with E-state index < -0.39 is 11.6 Å². The summed E-state index contributed by atoms with van der Waals surface area (Å²) in [5.41, 5.74) is 1.11. The van der Waals surface area contributed by atoms with Gasteiger partial charge in [-0.25, -0.2) is 4.79 Å². The summed E-state index contributed by atoms with van der Waals surface area (Å²) in [7, 11) is 0. The fourth-order valence-electron chi connectivity index (χ4n) is 3.12. The third-order valence-electron chi connectivity index (χ3n) is 4.04. The van der Waals surface area contributed by atoms with E-state index >= 15 is 0 Å². The molecule has 2 rings (SSSR count). The summed E-state index contributed by atoms with van der Waals surface area (Å²) in [6, 6.07) is 7.48. The van der Waals surface area contributed by atoms with Crippen molar-refractivity contribution in [2.24, 2.45) is 0 Å². The van der Waals surface area contributed by atoms with Crippen LogP contribution in [0, 0.1) is 0 Å². The molecular formula is C18H25NO4. The summed E-state index contributed by atoms with van der Waals surface area (Å²) >= 11 is 0. The van der Waals surface area contributed by atoms with E-state index in [9.17, 15) is 14.7 Å². The Balaban J connectivity index is 2.40. The molecule has 0 fully saturated rings. The molecule has 5 heteroatoms. The number of nitrogens with zero attached hydrogens (tertiary/aromatic N) is 1. The summed E-state index contributed by atoms with van der Waals surface area (Å²) in [6.07, 6.45) is 1.10. The number of ether oxygens (including phenoxy) is 1. The lowest BCUT2D eigenvalue weighted by Crippen LogP contribution is -2.47. The molecule has 1 N–H and O–H groups in total. The monoisotopic (exact) mass is 319 g/mol. The summed E-state index contributed by atoms with van der Waals surface area (Å²) in [6.45, 7) is 7.53. The number of carbonyl (C=O) groups excluding carboxylic acids is 1. The highest BCUT2D eigenvalue weighted by Gasteiger charge is 2.37. The van der Waals surface area contributed by atoms with Crippen LogP contribution in [-0.2, 0) is 9.53 Å². The lowest BCUT2D eigenvalue weighted by Gasteiger charge is -2.40. The van der Waals surface area contributed by atoms with E-state index in [0.717, 1.165) is 17.7 Å². The first-order valence-electron chi connectivity index (χ1n) is 8.06. The Bertz CT molecular complexity index is 591. The minimum absolute atomic E-state index is 0.0518. The van der Waals surface area contributed by atoms with Gasteiger partial charge in [0, 0.05) is 6.04 Å². The summed E-state index contributed by atoms with van der Waals surface area (Å²) in [5.74, 6) is -0.891. The van der Waals surface area contributed by atoms with Crippen LogP contribution in [-0.4, -0.2) is 28.8 Å². The maximum absolute atomic E-state index is 12.7. The number of para-hydroxylation sites is 1. The largest absolute Gasteiger partial charge is 0.481 e. The minimum atomic E-state index is -0.814. The Kier molecular flexibility index (Phi) is 4.97. The van der Waals surface area contributed by atoms with E-state index in [1.165, 1.54) is 0 Å². The van der Waals surface area contributed by atoms with Crippen LogP contribution in [0.5, 0.6) is 0 Å². The highest BCUT2D eigenvalue weighted by Crippen LogP contribution is 2.41. The highest BCUT2D eigenvalue weighted by molar-refractivity contribution is 5.90. The molecule has 126 valence electrons. The Hall–Kier alpha value is -2.04. The van der Waals surface area contributed by atoms with Crippen molar-refractivity contribution in [2.75, 3.05) is 4.90 Å². The van der Waals surface area contributed by atoms with E-state index in [2.05, 4.69) is 0 Å². The average Bonchev–Trinajstić information content (AvgIpc) is 2.44. The molecule has 0 aromatic heterocycles. The van der Waals surface area contributed by atoms with Crippen molar-refractivity contribution in [3.8, 4) is 0 Å². The quantitative estimate of drug-likeness (QED) is 0.908. The van der Waals surface area contributed by atoms with Gasteiger partial charge in [-0.2, -0.15) is 0 Å². The number of aliphatic carboxylic acids is 1. The number of carboxylic acid groups (broad SMARTS) is 1. The lowest BCUT2D eigenvalue weighted by atomic mass is 9.83. The Labute approximate surface area is 137 Å². The third kappa shape index (κ3) is 4.03. The number of hydrogen-bond donors (Lipinski definition) is 1. The van der Waals surface area contributed by atoms with Crippen molar-refractivity contribution in [3.05, 3.63) is 29.8 Å². The number of carboxylic acids is 1. The number of rotatable bonds is 3. The fourth-order valence-corrected chi connectivity index (χ4v) is 3.12. The molecule has 23 heavy (non-hydrogen) atoms. The highest BCUT2D eigenvalue weighted by atomic mass is 16.6. The Morgan fingerprint density at radius 2 is 1.96 bits per heavy atom. The van der Waals surface area contributed by atoms with Crippen molar-refractivity contribution in [3.63, 3.8) is 0 Å². The Morgan fingerprint density at radius 1 is 1.30 bits per heavy atom. The Morgan fingerprint density at radius 3 is 2.52 bits per heavy atom. The molecule has 1 heterocycles. The first kappa shape index (κ1) is 17.3. The van der Waals surface area contributed by atoms with E-state index in [1.807, 2.05) is 52.0 Å². The molecule has 0 saturated heterocycles. The fraction of sp³-hybridized carbons (Fsp3) is 0.556. The first-order valence-corrected chi connectivity index (χ1v) is 8.06. The topological polar surface area (TPSA) is 66.8 Å². The zero-order chi connectivity index (χ0) is 17.2. The molecule has 0 aliphatic carbocycles. The molecule has 2 atom stereocenters. The molecule has 0 saturated carbocycles. The van der Waals surface area contributed by atoms with Crippen molar-refractivity contribution in [2.45, 2.75) is 64.5 Å². The van der Waals surface area contributed by atoms with Crippen molar-refractivity contribution in [1.82, 2.24) is 0 Å². The van der Waals surface area contributed by atoms with Gasteiger partial charge in [-0.3, -0.25) is 9.69 Å². The van der Waals surface area contributed by atoms with Crippen LogP contribution >= 0.6 is 0 Å². The van der Waals surface area contributed by atoms with Crippen LogP contribution in [0.15, 0.2) is 24.3 Å². The predicted molar refractivity (Wildman–Crippen MR) is 88.8 cm³/mol. The maximum atomic E-state index is 12.7. The molecular weight excluding hydrogens is 294 g/mol. The number of carbonyl (C=O) groups is 2. The molecule has 1 aliphatic rings. The van der Waals surface area contributed by atoms with Gasteiger partial charge in [0.2, 0.25) is 0 Å². The zero-order valence-corrected chi connectivity index (χ0v) is 14.2. The van der Waals surface area contributed by atoms with E-state index in [0.29, 0.717) is 6.42 Å². The van der Waals surface area contributed by atoms with Gasteiger partial charge in [-0.15, -0.1) is 0 Å². The van der Waals surface area contributed by atoms with E-state index in [4.69, 9.17) is 4.74 Å². The van der Waals surface area contributed by atoms with Gasteiger partial charge in [0.15, 0.2) is 0 Å². The molecule has 0 radical (unpaired) electrons. The van der Waals surface area contributed by atoms with Gasteiger partial charge in [0.05, 0.1) is 12.1 Å². The SMILES string of the molecule is CCC1CC(CC(=O)O)c2ccccc2N1C(=O)OC(C)(C)C. The molecule has 2 unspecified atom stereocenters. The van der Waals surface area contributed by atoms with Gasteiger partial charge in [0.25, 0.3) is 0 Å².